The molecule has 0 aromatic heterocycles. The molecule has 0 saturated carbocycles. The third-order valence-corrected chi connectivity index (χ3v) is 4.84. The third kappa shape index (κ3) is 4.73. The van der Waals surface area contributed by atoms with E-state index in [9.17, 15) is 19.7 Å². The Bertz CT molecular complexity index is 923. The lowest BCUT2D eigenvalue weighted by Crippen LogP contribution is -2.22. The number of para-hydroxylation sites is 1. The van der Waals surface area contributed by atoms with Crippen molar-refractivity contribution in [2.24, 2.45) is 0 Å². The first-order valence-corrected chi connectivity index (χ1v) is 9.24. The predicted molar refractivity (Wildman–Crippen MR) is 104 cm³/mol. The molecule has 0 unspecified atom stereocenters. The number of nitrogens with zero attached hydrogens (tertiary/aromatic N) is 1. The van der Waals surface area contributed by atoms with Crippen molar-refractivity contribution < 1.29 is 19.2 Å². The summed E-state index contributed by atoms with van der Waals surface area (Å²) in [5.74, 6) is -1.12. The first-order chi connectivity index (χ1) is 13.4. The van der Waals surface area contributed by atoms with Crippen molar-refractivity contribution in [2.75, 3.05) is 11.9 Å². The van der Waals surface area contributed by atoms with Crippen molar-refractivity contribution in [3.05, 3.63) is 68.8 Å². The fraction of sp³-hybridized carbons (Fsp3) is 0.333. The maximum atomic E-state index is 12.1. The average Bonchev–Trinajstić information content (AvgIpc) is 2.67. The van der Waals surface area contributed by atoms with Crippen LogP contribution in [0.2, 0.25) is 0 Å². The largest absolute Gasteiger partial charge is 0.455 e. The van der Waals surface area contributed by atoms with E-state index in [1.54, 1.807) is 19.1 Å². The Morgan fingerprint density at radius 3 is 2.64 bits per heavy atom. The molecular weight excluding hydrogens is 360 g/mol. The standard InChI is InChI=1S/C21H22N2O5/c1-14-5-4-8-18(23(26)27)21(14)22-19(24)13-28-20(25)12-15-9-10-16-6-2-3-7-17(16)11-15/h4-5,8-11H,2-3,6-7,12-13H2,1H3,(H,22,24). The summed E-state index contributed by atoms with van der Waals surface area (Å²) in [6, 6.07) is 10.5. The van der Waals surface area contributed by atoms with Crippen LogP contribution in [-0.2, 0) is 33.6 Å². The van der Waals surface area contributed by atoms with Gasteiger partial charge in [0.15, 0.2) is 6.61 Å². The first-order valence-electron chi connectivity index (χ1n) is 9.24. The molecule has 1 aliphatic rings. The molecule has 2 aromatic rings. The van der Waals surface area contributed by atoms with Gasteiger partial charge in [-0.15, -0.1) is 0 Å². The molecule has 0 spiro atoms. The molecule has 0 saturated heterocycles. The van der Waals surface area contributed by atoms with Gasteiger partial charge in [0, 0.05) is 6.07 Å². The van der Waals surface area contributed by atoms with E-state index in [0.717, 1.165) is 24.8 Å². The topological polar surface area (TPSA) is 98.5 Å². The molecular formula is C21H22N2O5. The highest BCUT2D eigenvalue weighted by molar-refractivity contribution is 5.95. The Labute approximate surface area is 162 Å². The maximum Gasteiger partial charge on any atom is 0.310 e. The van der Waals surface area contributed by atoms with Crippen LogP contribution in [-0.4, -0.2) is 23.4 Å². The number of nitro benzene ring substituents is 1. The summed E-state index contributed by atoms with van der Waals surface area (Å²) in [5, 5.41) is 13.6. The van der Waals surface area contributed by atoms with E-state index in [1.165, 1.54) is 23.6 Å². The zero-order valence-electron chi connectivity index (χ0n) is 15.7. The summed E-state index contributed by atoms with van der Waals surface area (Å²) in [5.41, 5.74) is 3.95. The monoisotopic (exact) mass is 382 g/mol. The molecule has 2 aromatic carbocycles. The highest BCUT2D eigenvalue weighted by Crippen LogP contribution is 2.27. The molecule has 3 rings (SSSR count). The zero-order chi connectivity index (χ0) is 20.1. The van der Waals surface area contributed by atoms with Gasteiger partial charge < -0.3 is 10.1 Å². The van der Waals surface area contributed by atoms with Crippen molar-refractivity contribution in [1.29, 1.82) is 0 Å². The van der Waals surface area contributed by atoms with Gasteiger partial charge in [0.2, 0.25) is 0 Å². The van der Waals surface area contributed by atoms with Crippen LogP contribution in [0.5, 0.6) is 0 Å². The van der Waals surface area contributed by atoms with E-state index in [1.807, 2.05) is 12.1 Å². The van der Waals surface area contributed by atoms with Crippen LogP contribution in [0.25, 0.3) is 0 Å². The van der Waals surface area contributed by atoms with Gasteiger partial charge in [-0.25, -0.2) is 0 Å². The summed E-state index contributed by atoms with van der Waals surface area (Å²) in [6.45, 7) is 1.17. The molecule has 7 nitrogen and oxygen atoms in total. The molecule has 1 aliphatic carbocycles. The second kappa shape index (κ2) is 8.65. The number of carbonyl (C=O) groups excluding carboxylic acids is 2. The summed E-state index contributed by atoms with van der Waals surface area (Å²) >= 11 is 0. The Hall–Kier alpha value is -3.22. The Morgan fingerprint density at radius 2 is 1.89 bits per heavy atom. The van der Waals surface area contributed by atoms with Gasteiger partial charge in [-0.3, -0.25) is 19.7 Å². The molecule has 0 bridgehead atoms. The Balaban J connectivity index is 1.55. The van der Waals surface area contributed by atoms with Gasteiger partial charge in [0.05, 0.1) is 11.3 Å². The molecule has 7 heteroatoms. The Kier molecular flexibility index (Phi) is 6.03. The van der Waals surface area contributed by atoms with Crippen LogP contribution in [0.15, 0.2) is 36.4 Å². The third-order valence-electron chi connectivity index (χ3n) is 4.84. The van der Waals surface area contributed by atoms with E-state index in [-0.39, 0.29) is 17.8 Å². The summed E-state index contributed by atoms with van der Waals surface area (Å²) in [4.78, 5) is 34.7. The number of aryl methyl sites for hydroxylation is 3. The minimum absolute atomic E-state index is 0.0884. The number of nitro groups is 1. The normalized spacial score (nSPS) is 12.8. The summed E-state index contributed by atoms with van der Waals surface area (Å²) in [6.07, 6.45) is 4.54. The van der Waals surface area contributed by atoms with Gasteiger partial charge >= 0.3 is 5.97 Å². The molecule has 28 heavy (non-hydrogen) atoms. The number of ether oxygens (including phenoxy) is 1. The van der Waals surface area contributed by atoms with Crippen molar-refractivity contribution in [2.45, 2.75) is 39.0 Å². The summed E-state index contributed by atoms with van der Waals surface area (Å²) in [7, 11) is 0. The van der Waals surface area contributed by atoms with Gasteiger partial charge in [-0.1, -0.05) is 30.3 Å². The molecule has 0 atom stereocenters. The number of hydrogen-bond donors (Lipinski definition) is 1. The number of esters is 1. The molecule has 0 heterocycles. The number of nitrogens with one attached hydrogen (secondary N) is 1. The van der Waals surface area contributed by atoms with E-state index < -0.39 is 23.4 Å². The lowest BCUT2D eigenvalue weighted by molar-refractivity contribution is -0.384. The number of rotatable bonds is 6. The minimum atomic E-state index is -0.615. The van der Waals surface area contributed by atoms with Crippen LogP contribution < -0.4 is 5.32 Å². The number of carbonyl (C=O) groups is 2. The fourth-order valence-corrected chi connectivity index (χ4v) is 3.40. The molecule has 146 valence electrons. The van der Waals surface area contributed by atoms with Gasteiger partial charge in [-0.2, -0.15) is 0 Å². The fourth-order valence-electron chi connectivity index (χ4n) is 3.40. The number of anilines is 1. The van der Waals surface area contributed by atoms with Crippen LogP contribution in [0, 0.1) is 17.0 Å². The molecule has 1 N–H and O–H groups in total. The SMILES string of the molecule is Cc1cccc([N+](=O)[O-])c1NC(=O)COC(=O)Cc1ccc2c(c1)CCCC2. The predicted octanol–water partition coefficient (Wildman–Crippen LogP) is 3.51. The number of fused-ring (bicyclic) bond motifs is 1. The number of hydrogen-bond acceptors (Lipinski definition) is 5. The molecule has 0 fully saturated rings. The number of amides is 1. The van der Waals surface area contributed by atoms with E-state index in [2.05, 4.69) is 11.4 Å². The lowest BCUT2D eigenvalue weighted by atomic mass is 9.90. The van der Waals surface area contributed by atoms with Crippen LogP contribution in [0.3, 0.4) is 0 Å². The van der Waals surface area contributed by atoms with Gasteiger partial charge in [0.25, 0.3) is 11.6 Å². The lowest BCUT2D eigenvalue weighted by Gasteiger charge is -2.16. The van der Waals surface area contributed by atoms with E-state index in [0.29, 0.717) is 5.56 Å². The van der Waals surface area contributed by atoms with Crippen LogP contribution in [0.1, 0.15) is 35.1 Å². The minimum Gasteiger partial charge on any atom is -0.455 e. The quantitative estimate of drug-likeness (QED) is 0.468. The van der Waals surface area contributed by atoms with Crippen molar-refractivity contribution in [3.8, 4) is 0 Å². The van der Waals surface area contributed by atoms with Crippen molar-refractivity contribution in [3.63, 3.8) is 0 Å². The van der Waals surface area contributed by atoms with Crippen molar-refractivity contribution in [1.82, 2.24) is 0 Å². The summed E-state index contributed by atoms with van der Waals surface area (Å²) < 4.78 is 5.04. The van der Waals surface area contributed by atoms with Gasteiger partial charge in [0.1, 0.15) is 5.69 Å². The van der Waals surface area contributed by atoms with E-state index >= 15 is 0 Å². The van der Waals surface area contributed by atoms with Gasteiger partial charge in [-0.05, 0) is 54.9 Å². The molecule has 0 aliphatic heterocycles. The second-order valence-electron chi connectivity index (χ2n) is 6.92. The first kappa shape index (κ1) is 19.5. The van der Waals surface area contributed by atoms with Crippen LogP contribution >= 0.6 is 0 Å². The molecule has 1 amide bonds. The Morgan fingerprint density at radius 1 is 1.14 bits per heavy atom. The van der Waals surface area contributed by atoms with Crippen LogP contribution in [0.4, 0.5) is 11.4 Å². The zero-order valence-corrected chi connectivity index (χ0v) is 15.7. The van der Waals surface area contributed by atoms with E-state index in [4.69, 9.17) is 4.74 Å². The smallest absolute Gasteiger partial charge is 0.310 e. The molecule has 0 radical (unpaired) electrons. The maximum absolute atomic E-state index is 12.1. The average molecular weight is 382 g/mol. The highest BCUT2D eigenvalue weighted by atomic mass is 16.6. The highest BCUT2D eigenvalue weighted by Gasteiger charge is 2.19. The second-order valence-corrected chi connectivity index (χ2v) is 6.92. The van der Waals surface area contributed by atoms with Crippen molar-refractivity contribution >= 4 is 23.3 Å². The number of benzene rings is 2.